The number of fused-ring (bicyclic) bond motifs is 1. The molecule has 0 radical (unpaired) electrons. The second-order valence-electron chi connectivity index (χ2n) is 4.62. The van der Waals surface area contributed by atoms with Crippen LogP contribution in [0, 0.1) is 0 Å². The van der Waals surface area contributed by atoms with E-state index in [0.29, 0.717) is 5.92 Å². The van der Waals surface area contributed by atoms with Crippen LogP contribution in [0.25, 0.3) is 0 Å². The summed E-state index contributed by atoms with van der Waals surface area (Å²) in [6, 6.07) is 7.02. The molecule has 15 heavy (non-hydrogen) atoms. The number of benzene rings is 1. The quantitative estimate of drug-likeness (QED) is 0.713. The van der Waals surface area contributed by atoms with Gasteiger partial charge in [-0.1, -0.05) is 39.0 Å². The molecule has 0 aromatic heterocycles. The summed E-state index contributed by atoms with van der Waals surface area (Å²) in [4.78, 5) is 2.53. The van der Waals surface area contributed by atoms with Crippen LogP contribution in [0.3, 0.4) is 0 Å². The molecule has 0 aliphatic carbocycles. The van der Waals surface area contributed by atoms with Gasteiger partial charge in [0.1, 0.15) is 0 Å². The van der Waals surface area contributed by atoms with Crippen LogP contribution in [0.5, 0.6) is 0 Å². The average Bonchev–Trinajstić information content (AvgIpc) is 2.28. The van der Waals surface area contributed by atoms with Gasteiger partial charge in [-0.05, 0) is 35.6 Å². The molecule has 2 rings (SSSR count). The molecule has 1 heterocycles. The van der Waals surface area contributed by atoms with E-state index < -0.39 is 0 Å². The summed E-state index contributed by atoms with van der Waals surface area (Å²) in [5.74, 6) is 0.694. The molecule has 0 saturated carbocycles. The van der Waals surface area contributed by atoms with Gasteiger partial charge in [0.15, 0.2) is 0 Å². The molecule has 0 saturated heterocycles. The van der Waals surface area contributed by atoms with Crippen molar-refractivity contribution >= 4 is 0 Å². The van der Waals surface area contributed by atoms with Gasteiger partial charge in [-0.25, -0.2) is 0 Å². The molecule has 1 aliphatic heterocycles. The molecule has 0 spiro atoms. The van der Waals surface area contributed by atoms with Crippen LogP contribution in [0.2, 0.25) is 0 Å². The minimum Gasteiger partial charge on any atom is -0.299 e. The van der Waals surface area contributed by atoms with E-state index in [-0.39, 0.29) is 0 Å². The van der Waals surface area contributed by atoms with Crippen LogP contribution in [-0.4, -0.2) is 18.0 Å². The largest absolute Gasteiger partial charge is 0.299 e. The Hall–Kier alpha value is -0.820. The standard InChI is InChI=1S/C14H21N/c1-4-12-6-7-14-11(3)9-15(5-2)10-13(14)8-12/h6-8,11H,4-5,9-10H2,1-3H3. The lowest BCUT2D eigenvalue weighted by molar-refractivity contribution is 0.247. The van der Waals surface area contributed by atoms with Crippen LogP contribution in [0.15, 0.2) is 18.2 Å². The van der Waals surface area contributed by atoms with E-state index in [4.69, 9.17) is 0 Å². The van der Waals surface area contributed by atoms with Gasteiger partial charge >= 0.3 is 0 Å². The fraction of sp³-hybridized carbons (Fsp3) is 0.571. The third-order valence-corrected chi connectivity index (χ3v) is 3.52. The normalized spacial score (nSPS) is 21.4. The zero-order valence-corrected chi connectivity index (χ0v) is 10.1. The fourth-order valence-corrected chi connectivity index (χ4v) is 2.53. The molecule has 82 valence electrons. The van der Waals surface area contributed by atoms with Crippen molar-refractivity contribution in [3.05, 3.63) is 34.9 Å². The highest BCUT2D eigenvalue weighted by Crippen LogP contribution is 2.28. The summed E-state index contributed by atoms with van der Waals surface area (Å²) in [7, 11) is 0. The first-order valence-electron chi connectivity index (χ1n) is 6.08. The van der Waals surface area contributed by atoms with Crippen LogP contribution in [0.4, 0.5) is 0 Å². The van der Waals surface area contributed by atoms with Gasteiger partial charge in [0.2, 0.25) is 0 Å². The molecule has 1 aliphatic rings. The molecule has 0 N–H and O–H groups in total. The maximum atomic E-state index is 2.53. The van der Waals surface area contributed by atoms with E-state index in [1.54, 1.807) is 11.1 Å². The Balaban J connectivity index is 2.33. The first-order valence-corrected chi connectivity index (χ1v) is 6.08. The summed E-state index contributed by atoms with van der Waals surface area (Å²) in [6.07, 6.45) is 1.15. The van der Waals surface area contributed by atoms with E-state index in [2.05, 4.69) is 43.9 Å². The Bertz CT molecular complexity index is 343. The molecule has 1 nitrogen and oxygen atoms in total. The highest BCUT2D eigenvalue weighted by atomic mass is 15.1. The van der Waals surface area contributed by atoms with E-state index in [1.165, 1.54) is 18.7 Å². The Morgan fingerprint density at radius 1 is 1.33 bits per heavy atom. The number of rotatable bonds is 2. The SMILES string of the molecule is CCc1ccc2c(c1)CN(CC)CC2C. The van der Waals surface area contributed by atoms with Crippen LogP contribution in [0.1, 0.15) is 43.4 Å². The minimum atomic E-state index is 0.694. The lowest BCUT2D eigenvalue weighted by Crippen LogP contribution is -2.32. The Kier molecular flexibility index (Phi) is 3.11. The molecule has 0 bridgehead atoms. The number of hydrogen-bond donors (Lipinski definition) is 0. The van der Waals surface area contributed by atoms with Crippen LogP contribution in [-0.2, 0) is 13.0 Å². The van der Waals surface area contributed by atoms with Crippen molar-refractivity contribution in [2.75, 3.05) is 13.1 Å². The predicted octanol–water partition coefficient (Wildman–Crippen LogP) is 3.19. The zero-order chi connectivity index (χ0) is 10.8. The topological polar surface area (TPSA) is 3.24 Å². The van der Waals surface area contributed by atoms with Crippen molar-refractivity contribution in [2.24, 2.45) is 0 Å². The first kappa shape index (κ1) is 10.7. The zero-order valence-electron chi connectivity index (χ0n) is 10.1. The first-order chi connectivity index (χ1) is 7.24. The van der Waals surface area contributed by atoms with Gasteiger partial charge in [-0.3, -0.25) is 4.90 Å². The van der Waals surface area contributed by atoms with Gasteiger partial charge < -0.3 is 0 Å². The predicted molar refractivity (Wildman–Crippen MR) is 65.2 cm³/mol. The Morgan fingerprint density at radius 2 is 2.13 bits per heavy atom. The monoisotopic (exact) mass is 203 g/mol. The Morgan fingerprint density at radius 3 is 2.80 bits per heavy atom. The number of nitrogens with zero attached hydrogens (tertiary/aromatic N) is 1. The number of aryl methyl sites for hydroxylation is 1. The van der Waals surface area contributed by atoms with Crippen molar-refractivity contribution in [1.82, 2.24) is 4.90 Å². The van der Waals surface area contributed by atoms with Crippen molar-refractivity contribution < 1.29 is 0 Å². The van der Waals surface area contributed by atoms with Crippen LogP contribution < -0.4 is 0 Å². The maximum absolute atomic E-state index is 2.53. The van der Waals surface area contributed by atoms with Gasteiger partial charge in [-0.2, -0.15) is 0 Å². The summed E-state index contributed by atoms with van der Waals surface area (Å²) >= 11 is 0. The maximum Gasteiger partial charge on any atom is 0.0236 e. The second-order valence-corrected chi connectivity index (χ2v) is 4.62. The summed E-state index contributed by atoms with van der Waals surface area (Å²) in [5, 5.41) is 0. The van der Waals surface area contributed by atoms with E-state index in [0.717, 1.165) is 13.0 Å². The smallest absolute Gasteiger partial charge is 0.0236 e. The molecule has 1 heteroatoms. The van der Waals surface area contributed by atoms with Gasteiger partial charge in [0, 0.05) is 13.1 Å². The molecule has 1 aromatic carbocycles. The molecular formula is C14H21N. The third kappa shape index (κ3) is 2.07. The van der Waals surface area contributed by atoms with E-state index in [9.17, 15) is 0 Å². The lowest BCUT2D eigenvalue weighted by Gasteiger charge is -2.32. The fourth-order valence-electron chi connectivity index (χ4n) is 2.53. The molecular weight excluding hydrogens is 182 g/mol. The second kappa shape index (κ2) is 4.36. The van der Waals surface area contributed by atoms with Crippen molar-refractivity contribution in [2.45, 2.75) is 39.7 Å². The Labute approximate surface area is 93.1 Å². The minimum absolute atomic E-state index is 0.694. The summed E-state index contributed by atoms with van der Waals surface area (Å²) < 4.78 is 0. The van der Waals surface area contributed by atoms with Crippen molar-refractivity contribution in [1.29, 1.82) is 0 Å². The molecule has 0 fully saturated rings. The van der Waals surface area contributed by atoms with Crippen LogP contribution >= 0.6 is 0 Å². The van der Waals surface area contributed by atoms with Crippen molar-refractivity contribution in [3.8, 4) is 0 Å². The van der Waals surface area contributed by atoms with E-state index >= 15 is 0 Å². The number of likely N-dealkylation sites (N-methyl/N-ethyl adjacent to an activating group) is 1. The number of hydrogen-bond acceptors (Lipinski definition) is 1. The highest BCUT2D eigenvalue weighted by Gasteiger charge is 2.20. The summed E-state index contributed by atoms with van der Waals surface area (Å²) in [5.41, 5.74) is 4.59. The van der Waals surface area contributed by atoms with Gasteiger partial charge in [0.05, 0.1) is 0 Å². The van der Waals surface area contributed by atoms with Gasteiger partial charge in [0.25, 0.3) is 0 Å². The van der Waals surface area contributed by atoms with Crippen molar-refractivity contribution in [3.63, 3.8) is 0 Å². The average molecular weight is 203 g/mol. The van der Waals surface area contributed by atoms with E-state index in [1.807, 2.05) is 0 Å². The molecule has 1 unspecified atom stereocenters. The lowest BCUT2D eigenvalue weighted by atomic mass is 9.89. The molecule has 1 atom stereocenters. The van der Waals surface area contributed by atoms with Gasteiger partial charge in [-0.15, -0.1) is 0 Å². The molecule has 0 amide bonds. The summed E-state index contributed by atoms with van der Waals surface area (Å²) in [6.45, 7) is 10.3. The third-order valence-electron chi connectivity index (χ3n) is 3.52. The molecule has 1 aromatic rings. The highest BCUT2D eigenvalue weighted by molar-refractivity contribution is 5.36.